The number of carbonyl (C=O) groups excluding carboxylic acids is 2. The summed E-state index contributed by atoms with van der Waals surface area (Å²) in [6.07, 6.45) is 0.517. The molecule has 0 spiro atoms. The minimum atomic E-state index is -0.815. The summed E-state index contributed by atoms with van der Waals surface area (Å²) >= 11 is 0. The predicted molar refractivity (Wildman–Crippen MR) is 110 cm³/mol. The highest BCUT2D eigenvalue weighted by atomic mass is 19.1. The number of ether oxygens (including phenoxy) is 2. The van der Waals surface area contributed by atoms with Crippen LogP contribution in [0.25, 0.3) is 5.76 Å². The van der Waals surface area contributed by atoms with Gasteiger partial charge in [0, 0.05) is 25.8 Å². The van der Waals surface area contributed by atoms with E-state index in [1.54, 1.807) is 32.4 Å². The third-order valence-electron chi connectivity index (χ3n) is 5.14. The highest BCUT2D eigenvalue weighted by Gasteiger charge is 2.45. The van der Waals surface area contributed by atoms with Crippen molar-refractivity contribution in [1.82, 2.24) is 4.90 Å². The van der Waals surface area contributed by atoms with Crippen molar-refractivity contribution in [2.45, 2.75) is 19.4 Å². The molecular weight excluding hydrogens is 389 g/mol. The van der Waals surface area contributed by atoms with E-state index in [-0.39, 0.29) is 17.9 Å². The molecule has 2 aromatic rings. The molecular formula is C23H24FNO5. The van der Waals surface area contributed by atoms with Crippen LogP contribution in [0.2, 0.25) is 0 Å². The lowest BCUT2D eigenvalue weighted by molar-refractivity contribution is -0.140. The summed E-state index contributed by atoms with van der Waals surface area (Å²) in [7, 11) is 3.10. The van der Waals surface area contributed by atoms with E-state index < -0.39 is 23.5 Å². The van der Waals surface area contributed by atoms with Gasteiger partial charge in [-0.05, 0) is 54.8 Å². The first-order valence-corrected chi connectivity index (χ1v) is 9.56. The molecule has 0 radical (unpaired) electrons. The highest BCUT2D eigenvalue weighted by Crippen LogP contribution is 2.39. The van der Waals surface area contributed by atoms with E-state index >= 15 is 0 Å². The second kappa shape index (κ2) is 9.09. The van der Waals surface area contributed by atoms with Crippen LogP contribution in [0.3, 0.4) is 0 Å². The average molecular weight is 413 g/mol. The first kappa shape index (κ1) is 21.5. The molecule has 7 heteroatoms. The van der Waals surface area contributed by atoms with Gasteiger partial charge in [-0.15, -0.1) is 0 Å². The van der Waals surface area contributed by atoms with Crippen molar-refractivity contribution in [3.63, 3.8) is 0 Å². The zero-order valence-electron chi connectivity index (χ0n) is 17.1. The van der Waals surface area contributed by atoms with Crippen molar-refractivity contribution in [3.05, 3.63) is 70.5 Å². The molecule has 0 bridgehead atoms. The van der Waals surface area contributed by atoms with Gasteiger partial charge >= 0.3 is 0 Å². The zero-order chi connectivity index (χ0) is 21.8. The molecule has 1 aliphatic heterocycles. The van der Waals surface area contributed by atoms with Crippen LogP contribution >= 0.6 is 0 Å². The van der Waals surface area contributed by atoms with Gasteiger partial charge < -0.3 is 19.5 Å². The van der Waals surface area contributed by atoms with Gasteiger partial charge in [-0.3, -0.25) is 9.59 Å². The lowest BCUT2D eigenvalue weighted by Crippen LogP contribution is -2.31. The Morgan fingerprint density at radius 1 is 1.13 bits per heavy atom. The van der Waals surface area contributed by atoms with Gasteiger partial charge in [-0.1, -0.05) is 12.1 Å². The van der Waals surface area contributed by atoms with Gasteiger partial charge in [-0.25, -0.2) is 4.39 Å². The fraction of sp³-hybridized carbons (Fsp3) is 0.304. The van der Waals surface area contributed by atoms with Crippen LogP contribution in [0.4, 0.5) is 4.39 Å². The van der Waals surface area contributed by atoms with E-state index in [2.05, 4.69) is 0 Å². The maximum Gasteiger partial charge on any atom is 0.295 e. The van der Waals surface area contributed by atoms with Crippen molar-refractivity contribution in [1.29, 1.82) is 0 Å². The monoisotopic (exact) mass is 413 g/mol. The number of benzene rings is 2. The summed E-state index contributed by atoms with van der Waals surface area (Å²) in [5.74, 6) is -1.54. The molecule has 3 rings (SSSR count). The molecule has 1 fully saturated rings. The van der Waals surface area contributed by atoms with Crippen LogP contribution in [0.1, 0.15) is 29.2 Å². The normalized spacial score (nSPS) is 18.1. The Balaban J connectivity index is 2.12. The van der Waals surface area contributed by atoms with Crippen molar-refractivity contribution in [3.8, 4) is 5.75 Å². The molecule has 0 saturated carbocycles. The van der Waals surface area contributed by atoms with Crippen LogP contribution in [-0.4, -0.2) is 49.1 Å². The molecule has 30 heavy (non-hydrogen) atoms. The molecule has 1 amide bonds. The number of ketones is 1. The van der Waals surface area contributed by atoms with Crippen molar-refractivity contribution in [2.75, 3.05) is 27.4 Å². The fourth-order valence-electron chi connectivity index (χ4n) is 3.66. The Morgan fingerprint density at radius 3 is 2.43 bits per heavy atom. The average Bonchev–Trinajstić information content (AvgIpc) is 2.99. The smallest absolute Gasteiger partial charge is 0.295 e. The van der Waals surface area contributed by atoms with Crippen LogP contribution in [0.5, 0.6) is 5.75 Å². The second-order valence-corrected chi connectivity index (χ2v) is 7.07. The Morgan fingerprint density at radius 2 is 1.83 bits per heavy atom. The van der Waals surface area contributed by atoms with E-state index in [1.165, 1.54) is 29.2 Å². The Labute approximate surface area is 174 Å². The minimum Gasteiger partial charge on any atom is -0.507 e. The van der Waals surface area contributed by atoms with Crippen LogP contribution in [0, 0.1) is 12.7 Å². The van der Waals surface area contributed by atoms with Gasteiger partial charge in [0.25, 0.3) is 11.7 Å². The maximum atomic E-state index is 13.5. The number of Topliss-reactive ketones (excluding diaryl/α,β-unsaturated/α-hetero) is 1. The number of nitrogens with zero attached hydrogens (tertiary/aromatic N) is 1. The topological polar surface area (TPSA) is 76.1 Å². The van der Waals surface area contributed by atoms with Crippen LogP contribution in [0.15, 0.2) is 48.0 Å². The Bertz CT molecular complexity index is 984. The van der Waals surface area contributed by atoms with Gasteiger partial charge in [0.15, 0.2) is 0 Å². The standard InChI is InChI=1S/C23H24FNO5/c1-14-13-16(7-10-18(14)30-3)21(26)19-20(15-5-8-17(24)9-6-15)25(11-4-12-29-2)23(28)22(19)27/h5-10,13,20,26H,4,11-12H2,1-3H3/b21-19+/t20-/m0/s1. The molecule has 6 nitrogen and oxygen atoms in total. The van der Waals surface area contributed by atoms with E-state index in [0.717, 1.165) is 5.56 Å². The quantitative estimate of drug-likeness (QED) is 0.325. The molecule has 158 valence electrons. The summed E-state index contributed by atoms with van der Waals surface area (Å²) < 4.78 is 23.8. The summed E-state index contributed by atoms with van der Waals surface area (Å²) in [5, 5.41) is 11.0. The molecule has 2 aromatic carbocycles. The molecule has 1 aliphatic rings. The number of carbonyl (C=O) groups is 2. The number of halogens is 1. The number of rotatable bonds is 7. The lowest BCUT2D eigenvalue weighted by Gasteiger charge is -2.25. The largest absolute Gasteiger partial charge is 0.507 e. The number of aliphatic hydroxyl groups excluding tert-OH is 1. The number of aliphatic hydroxyl groups is 1. The third kappa shape index (κ3) is 4.07. The van der Waals surface area contributed by atoms with E-state index in [1.807, 2.05) is 6.92 Å². The molecule has 1 N–H and O–H groups in total. The van der Waals surface area contributed by atoms with E-state index in [0.29, 0.717) is 29.9 Å². The highest BCUT2D eigenvalue weighted by molar-refractivity contribution is 6.46. The number of hydrogen-bond donors (Lipinski definition) is 1. The van der Waals surface area contributed by atoms with Crippen molar-refractivity contribution >= 4 is 17.4 Å². The summed E-state index contributed by atoms with van der Waals surface area (Å²) in [4.78, 5) is 27.0. The summed E-state index contributed by atoms with van der Waals surface area (Å²) in [6.45, 7) is 2.49. The Kier molecular flexibility index (Phi) is 6.52. The molecule has 0 aliphatic carbocycles. The first-order chi connectivity index (χ1) is 14.4. The molecule has 1 atom stereocenters. The second-order valence-electron chi connectivity index (χ2n) is 7.07. The maximum absolute atomic E-state index is 13.5. The predicted octanol–water partition coefficient (Wildman–Crippen LogP) is 3.60. The molecule has 1 heterocycles. The van der Waals surface area contributed by atoms with Crippen molar-refractivity contribution < 1.29 is 28.6 Å². The minimum absolute atomic E-state index is 0.0198. The van der Waals surface area contributed by atoms with Gasteiger partial charge in [0.1, 0.15) is 17.3 Å². The fourth-order valence-corrected chi connectivity index (χ4v) is 3.66. The summed E-state index contributed by atoms with van der Waals surface area (Å²) in [5.41, 5.74) is 1.69. The van der Waals surface area contributed by atoms with Gasteiger partial charge in [-0.2, -0.15) is 0 Å². The van der Waals surface area contributed by atoms with Crippen molar-refractivity contribution in [2.24, 2.45) is 0 Å². The zero-order valence-corrected chi connectivity index (χ0v) is 17.1. The van der Waals surface area contributed by atoms with Crippen LogP contribution < -0.4 is 4.74 Å². The van der Waals surface area contributed by atoms with Crippen LogP contribution in [-0.2, 0) is 14.3 Å². The molecule has 0 unspecified atom stereocenters. The number of amides is 1. The Hall–Kier alpha value is -3.19. The summed E-state index contributed by atoms with van der Waals surface area (Å²) in [6, 6.07) is 9.75. The van der Waals surface area contributed by atoms with Gasteiger partial charge in [0.2, 0.25) is 0 Å². The lowest BCUT2D eigenvalue weighted by atomic mass is 9.94. The first-order valence-electron chi connectivity index (χ1n) is 9.56. The third-order valence-corrected chi connectivity index (χ3v) is 5.14. The molecule has 1 saturated heterocycles. The van der Waals surface area contributed by atoms with Gasteiger partial charge in [0.05, 0.1) is 18.7 Å². The SMILES string of the molecule is COCCCN1C(=O)C(=O)/C(=C(/O)c2ccc(OC)c(C)c2)[C@@H]1c1ccc(F)cc1. The van der Waals surface area contributed by atoms with E-state index in [9.17, 15) is 19.1 Å². The van der Waals surface area contributed by atoms with E-state index in [4.69, 9.17) is 9.47 Å². The number of methoxy groups -OCH3 is 2. The number of aryl methyl sites for hydroxylation is 1. The molecule has 0 aromatic heterocycles. The number of likely N-dealkylation sites (tertiary alicyclic amines) is 1. The number of hydrogen-bond acceptors (Lipinski definition) is 5.